The second-order valence-corrected chi connectivity index (χ2v) is 7.07. The van der Waals surface area contributed by atoms with Gasteiger partial charge in [-0.2, -0.15) is 5.26 Å². The number of hydrogen-bond donors (Lipinski definition) is 0. The Kier molecular flexibility index (Phi) is 6.70. The molecule has 0 amide bonds. The van der Waals surface area contributed by atoms with Gasteiger partial charge in [0.25, 0.3) is 0 Å². The average Bonchev–Trinajstić information content (AvgIpc) is 3.18. The number of benzene rings is 2. The van der Waals surface area contributed by atoms with Crippen LogP contribution in [0.15, 0.2) is 47.8 Å². The maximum atomic E-state index is 9.68. The molecule has 3 aromatic rings. The van der Waals surface area contributed by atoms with Gasteiger partial charge in [0, 0.05) is 27.6 Å². The van der Waals surface area contributed by atoms with Crippen LogP contribution in [0.1, 0.15) is 24.4 Å². The van der Waals surface area contributed by atoms with Gasteiger partial charge in [-0.05, 0) is 44.2 Å². The van der Waals surface area contributed by atoms with E-state index in [4.69, 9.17) is 21.1 Å². The molecule has 0 N–H and O–H groups in total. The minimum absolute atomic E-state index is 0.482. The van der Waals surface area contributed by atoms with E-state index in [0.29, 0.717) is 34.6 Å². The van der Waals surface area contributed by atoms with Crippen molar-refractivity contribution in [1.82, 2.24) is 4.98 Å². The quantitative estimate of drug-likeness (QED) is 0.427. The van der Waals surface area contributed by atoms with E-state index in [-0.39, 0.29) is 0 Å². The third-order valence-corrected chi connectivity index (χ3v) is 5.02. The number of thiazole rings is 1. The molecule has 0 aliphatic carbocycles. The van der Waals surface area contributed by atoms with Crippen LogP contribution in [-0.2, 0) is 0 Å². The molecule has 0 saturated carbocycles. The maximum Gasteiger partial charge on any atom is 0.134 e. The second kappa shape index (κ2) is 9.41. The third kappa shape index (κ3) is 4.72. The van der Waals surface area contributed by atoms with E-state index in [0.717, 1.165) is 22.6 Å². The molecule has 1 heterocycles. The molecule has 0 spiro atoms. The van der Waals surface area contributed by atoms with Gasteiger partial charge < -0.3 is 9.47 Å². The Labute approximate surface area is 173 Å². The summed E-state index contributed by atoms with van der Waals surface area (Å²) in [7, 11) is 0. The van der Waals surface area contributed by atoms with Crippen LogP contribution < -0.4 is 9.47 Å². The van der Waals surface area contributed by atoms with Gasteiger partial charge in [0.05, 0.1) is 24.5 Å². The summed E-state index contributed by atoms with van der Waals surface area (Å²) in [5.74, 6) is 1.41. The number of nitrogens with zero attached hydrogens (tertiary/aromatic N) is 2. The summed E-state index contributed by atoms with van der Waals surface area (Å²) in [5.41, 5.74) is 3.07. The number of aromatic nitrogens is 1. The molecular formula is C22H19ClN2O2S. The van der Waals surface area contributed by atoms with Gasteiger partial charge in [-0.15, -0.1) is 11.3 Å². The Bertz CT molecular complexity index is 1020. The first kappa shape index (κ1) is 19.9. The van der Waals surface area contributed by atoms with E-state index in [1.54, 1.807) is 6.08 Å². The zero-order valence-corrected chi connectivity index (χ0v) is 17.2. The van der Waals surface area contributed by atoms with Crippen LogP contribution in [0.2, 0.25) is 5.02 Å². The first-order valence-corrected chi connectivity index (χ1v) is 10.1. The maximum absolute atomic E-state index is 9.68. The highest BCUT2D eigenvalue weighted by atomic mass is 35.5. The number of halogens is 1. The lowest BCUT2D eigenvalue weighted by molar-refractivity contribution is 0.322. The summed E-state index contributed by atoms with van der Waals surface area (Å²) in [4.78, 5) is 4.62. The fraction of sp³-hybridized carbons (Fsp3) is 0.182. The van der Waals surface area contributed by atoms with E-state index in [1.807, 2.05) is 61.7 Å². The van der Waals surface area contributed by atoms with Crippen molar-refractivity contribution >= 4 is 34.6 Å². The number of ether oxygens (including phenoxy) is 2. The highest BCUT2D eigenvalue weighted by molar-refractivity contribution is 7.11. The van der Waals surface area contributed by atoms with E-state index in [9.17, 15) is 5.26 Å². The van der Waals surface area contributed by atoms with E-state index in [2.05, 4.69) is 11.1 Å². The Morgan fingerprint density at radius 1 is 1.14 bits per heavy atom. The number of allylic oxidation sites excluding steroid dienone is 1. The van der Waals surface area contributed by atoms with Crippen LogP contribution in [0, 0.1) is 11.3 Å². The molecule has 6 heteroatoms. The van der Waals surface area contributed by atoms with Crippen molar-refractivity contribution in [2.24, 2.45) is 0 Å². The van der Waals surface area contributed by atoms with Crippen LogP contribution in [0.5, 0.6) is 11.5 Å². The topological polar surface area (TPSA) is 55.1 Å². The van der Waals surface area contributed by atoms with Gasteiger partial charge in [-0.25, -0.2) is 4.98 Å². The lowest BCUT2D eigenvalue weighted by atomic mass is 10.1. The molecule has 0 aliphatic heterocycles. The normalized spacial score (nSPS) is 11.1. The second-order valence-electron chi connectivity index (χ2n) is 5.78. The molecule has 28 heavy (non-hydrogen) atoms. The van der Waals surface area contributed by atoms with Crippen molar-refractivity contribution in [2.45, 2.75) is 13.8 Å². The van der Waals surface area contributed by atoms with Crippen LogP contribution in [-0.4, -0.2) is 18.2 Å². The van der Waals surface area contributed by atoms with Crippen molar-refractivity contribution in [1.29, 1.82) is 5.26 Å². The van der Waals surface area contributed by atoms with Crippen molar-refractivity contribution in [3.63, 3.8) is 0 Å². The van der Waals surface area contributed by atoms with Crippen molar-refractivity contribution in [3.05, 3.63) is 63.4 Å². The summed E-state index contributed by atoms with van der Waals surface area (Å²) < 4.78 is 11.3. The van der Waals surface area contributed by atoms with Gasteiger partial charge in [0.15, 0.2) is 0 Å². The third-order valence-electron chi connectivity index (χ3n) is 3.89. The van der Waals surface area contributed by atoms with Crippen molar-refractivity contribution in [3.8, 4) is 28.8 Å². The molecule has 142 valence electrons. The van der Waals surface area contributed by atoms with Gasteiger partial charge in [0.1, 0.15) is 22.6 Å². The monoisotopic (exact) mass is 410 g/mol. The Morgan fingerprint density at radius 3 is 2.57 bits per heavy atom. The fourth-order valence-electron chi connectivity index (χ4n) is 2.62. The Hall–Kier alpha value is -2.81. The van der Waals surface area contributed by atoms with Crippen molar-refractivity contribution in [2.75, 3.05) is 13.2 Å². The van der Waals surface area contributed by atoms with Gasteiger partial charge in [-0.1, -0.05) is 23.7 Å². The summed E-state index contributed by atoms with van der Waals surface area (Å²) in [6, 6.07) is 15.3. The van der Waals surface area contributed by atoms with E-state index in [1.165, 1.54) is 11.3 Å². The van der Waals surface area contributed by atoms with Crippen LogP contribution in [0.4, 0.5) is 0 Å². The highest BCUT2D eigenvalue weighted by Gasteiger charge is 2.11. The van der Waals surface area contributed by atoms with Gasteiger partial charge in [0.2, 0.25) is 0 Å². The molecule has 0 aliphatic rings. The van der Waals surface area contributed by atoms with Gasteiger partial charge in [-0.3, -0.25) is 0 Å². The van der Waals surface area contributed by atoms with Crippen LogP contribution in [0.3, 0.4) is 0 Å². The predicted molar refractivity (Wildman–Crippen MR) is 115 cm³/mol. The minimum atomic E-state index is 0.482. The molecule has 0 fully saturated rings. The molecule has 0 radical (unpaired) electrons. The zero-order chi connectivity index (χ0) is 19.9. The van der Waals surface area contributed by atoms with Crippen molar-refractivity contribution < 1.29 is 9.47 Å². The zero-order valence-electron chi connectivity index (χ0n) is 15.6. The summed E-state index contributed by atoms with van der Waals surface area (Å²) in [5, 5.41) is 13.0. The molecule has 2 aromatic carbocycles. The first-order valence-electron chi connectivity index (χ1n) is 8.87. The lowest BCUT2D eigenvalue weighted by Crippen LogP contribution is -1.97. The summed E-state index contributed by atoms with van der Waals surface area (Å²) >= 11 is 7.38. The summed E-state index contributed by atoms with van der Waals surface area (Å²) in [6.45, 7) is 4.96. The molecule has 3 rings (SSSR count). The Balaban J connectivity index is 1.94. The van der Waals surface area contributed by atoms with E-state index >= 15 is 0 Å². The lowest BCUT2D eigenvalue weighted by Gasteiger charge is -2.10. The summed E-state index contributed by atoms with van der Waals surface area (Å²) in [6.07, 6.45) is 1.80. The highest BCUT2D eigenvalue weighted by Crippen LogP contribution is 2.31. The SMILES string of the molecule is CCOc1ccc(C=C(C#N)c2nc(-c3ccc(Cl)cc3)cs2)c(OCC)c1. The molecule has 1 aromatic heterocycles. The van der Waals surface area contributed by atoms with Crippen LogP contribution >= 0.6 is 22.9 Å². The molecular weight excluding hydrogens is 392 g/mol. The van der Waals surface area contributed by atoms with Gasteiger partial charge >= 0.3 is 0 Å². The van der Waals surface area contributed by atoms with E-state index < -0.39 is 0 Å². The fourth-order valence-corrected chi connectivity index (χ4v) is 3.54. The molecule has 0 saturated heterocycles. The minimum Gasteiger partial charge on any atom is -0.494 e. The molecule has 0 atom stereocenters. The molecule has 0 bridgehead atoms. The number of nitriles is 1. The first-order chi connectivity index (χ1) is 13.6. The predicted octanol–water partition coefficient (Wildman–Crippen LogP) is 6.33. The smallest absolute Gasteiger partial charge is 0.134 e. The molecule has 0 unspecified atom stereocenters. The average molecular weight is 411 g/mol. The number of rotatable bonds is 7. The number of hydrogen-bond acceptors (Lipinski definition) is 5. The molecule has 4 nitrogen and oxygen atoms in total. The standard InChI is InChI=1S/C22H19ClN2O2S/c1-3-26-19-10-7-16(21(12-19)27-4-2)11-17(13-24)22-25-20(14-28-22)15-5-8-18(23)9-6-15/h5-12,14H,3-4H2,1-2H3. The Morgan fingerprint density at radius 2 is 1.89 bits per heavy atom. The largest absolute Gasteiger partial charge is 0.494 e. The van der Waals surface area contributed by atoms with Crippen LogP contribution in [0.25, 0.3) is 22.9 Å².